The highest BCUT2D eigenvalue weighted by atomic mass is 32.1. The summed E-state index contributed by atoms with van der Waals surface area (Å²) in [7, 11) is 1.65. The Labute approximate surface area is 120 Å². The van der Waals surface area contributed by atoms with Crippen molar-refractivity contribution in [2.45, 2.75) is 38.8 Å². The summed E-state index contributed by atoms with van der Waals surface area (Å²) in [4.78, 5) is 2.90. The lowest BCUT2D eigenvalue weighted by molar-refractivity contribution is 0.166. The van der Waals surface area contributed by atoms with E-state index < -0.39 is 0 Å². The van der Waals surface area contributed by atoms with E-state index in [9.17, 15) is 0 Å². The van der Waals surface area contributed by atoms with Crippen molar-refractivity contribution in [3.63, 3.8) is 0 Å². The predicted molar refractivity (Wildman–Crippen MR) is 82.6 cm³/mol. The summed E-state index contributed by atoms with van der Waals surface area (Å²) in [5.41, 5.74) is 8.02. The molecule has 1 heterocycles. The first kappa shape index (κ1) is 14.3. The molecule has 1 aromatic rings. The van der Waals surface area contributed by atoms with Gasteiger partial charge in [-0.1, -0.05) is 18.3 Å². The van der Waals surface area contributed by atoms with Crippen molar-refractivity contribution >= 4 is 17.2 Å². The lowest BCUT2D eigenvalue weighted by Gasteiger charge is -2.31. The summed E-state index contributed by atoms with van der Waals surface area (Å²) in [5, 5.41) is 0. The molecule has 2 N–H and O–H groups in total. The van der Waals surface area contributed by atoms with Crippen molar-refractivity contribution in [1.82, 2.24) is 4.90 Å². The first-order valence-electron chi connectivity index (χ1n) is 6.66. The Bertz CT molecular complexity index is 485. The average molecular weight is 278 g/mol. The van der Waals surface area contributed by atoms with Crippen LogP contribution in [0.25, 0.3) is 0 Å². The number of hydrogen-bond acceptors (Lipinski definition) is 3. The van der Waals surface area contributed by atoms with Crippen LogP contribution in [0.15, 0.2) is 18.2 Å². The molecule has 0 radical (unpaired) electrons. The summed E-state index contributed by atoms with van der Waals surface area (Å²) in [6.07, 6.45) is 2.53. The second-order valence-corrected chi connectivity index (χ2v) is 6.18. The van der Waals surface area contributed by atoms with Gasteiger partial charge in [0.15, 0.2) is 0 Å². The molecule has 0 saturated carbocycles. The van der Waals surface area contributed by atoms with E-state index in [0.717, 1.165) is 24.4 Å². The minimum Gasteiger partial charge on any atom is -0.496 e. The van der Waals surface area contributed by atoms with E-state index in [4.69, 9.17) is 22.7 Å². The zero-order valence-electron chi connectivity index (χ0n) is 11.9. The molecule has 1 saturated heterocycles. The number of ether oxygens (including phenoxy) is 1. The van der Waals surface area contributed by atoms with Gasteiger partial charge >= 0.3 is 0 Å². The van der Waals surface area contributed by atoms with Crippen molar-refractivity contribution in [2.75, 3.05) is 13.7 Å². The highest BCUT2D eigenvalue weighted by Crippen LogP contribution is 2.30. The normalized spacial score (nSPS) is 18.5. The van der Waals surface area contributed by atoms with Gasteiger partial charge < -0.3 is 10.5 Å². The fourth-order valence-corrected chi connectivity index (χ4v) is 2.88. The van der Waals surface area contributed by atoms with E-state index in [0.29, 0.717) is 4.99 Å². The highest BCUT2D eigenvalue weighted by Gasteiger charge is 2.31. The molecule has 1 aliphatic heterocycles. The maximum atomic E-state index is 5.69. The van der Waals surface area contributed by atoms with E-state index in [2.05, 4.69) is 24.8 Å². The first-order chi connectivity index (χ1) is 8.94. The molecule has 1 aromatic carbocycles. The molecule has 3 nitrogen and oxygen atoms in total. The molecule has 0 bridgehead atoms. The van der Waals surface area contributed by atoms with Gasteiger partial charge in [0.05, 0.1) is 12.7 Å². The molecule has 0 atom stereocenters. The Morgan fingerprint density at radius 1 is 1.47 bits per heavy atom. The molecule has 0 unspecified atom stereocenters. The smallest absolute Gasteiger partial charge is 0.129 e. The Kier molecular flexibility index (Phi) is 4.11. The van der Waals surface area contributed by atoms with E-state index in [1.165, 1.54) is 18.4 Å². The molecule has 0 aromatic heterocycles. The van der Waals surface area contributed by atoms with Gasteiger partial charge in [0.25, 0.3) is 0 Å². The molecule has 104 valence electrons. The number of nitrogens with zero attached hydrogens (tertiary/aromatic N) is 1. The van der Waals surface area contributed by atoms with Crippen molar-refractivity contribution < 1.29 is 4.74 Å². The third-order valence-electron chi connectivity index (χ3n) is 3.98. The van der Waals surface area contributed by atoms with Crippen LogP contribution >= 0.6 is 12.2 Å². The highest BCUT2D eigenvalue weighted by molar-refractivity contribution is 7.80. The number of methoxy groups -OCH3 is 1. The van der Waals surface area contributed by atoms with Gasteiger partial charge in [-0.3, -0.25) is 4.90 Å². The maximum Gasteiger partial charge on any atom is 0.129 e. The van der Waals surface area contributed by atoms with Gasteiger partial charge in [0.1, 0.15) is 10.7 Å². The van der Waals surface area contributed by atoms with Gasteiger partial charge in [-0.15, -0.1) is 0 Å². The Morgan fingerprint density at radius 2 is 2.21 bits per heavy atom. The van der Waals surface area contributed by atoms with Crippen LogP contribution < -0.4 is 10.5 Å². The van der Waals surface area contributed by atoms with Crippen LogP contribution in [0.3, 0.4) is 0 Å². The zero-order valence-corrected chi connectivity index (χ0v) is 12.7. The number of nitrogens with two attached hydrogens (primary N) is 1. The summed E-state index contributed by atoms with van der Waals surface area (Å²) >= 11 is 5.03. The fourth-order valence-electron chi connectivity index (χ4n) is 2.71. The Hall–Kier alpha value is -1.13. The van der Waals surface area contributed by atoms with Crippen molar-refractivity contribution in [1.29, 1.82) is 0 Å². The lowest BCUT2D eigenvalue weighted by Crippen LogP contribution is -2.37. The number of likely N-dealkylation sites (tertiary alicyclic amines) is 1. The van der Waals surface area contributed by atoms with Gasteiger partial charge in [-0.05, 0) is 50.9 Å². The molecule has 2 rings (SSSR count). The molecular weight excluding hydrogens is 256 g/mol. The minimum atomic E-state index is 0.287. The van der Waals surface area contributed by atoms with E-state index in [1.807, 2.05) is 12.1 Å². The number of hydrogen-bond donors (Lipinski definition) is 1. The molecule has 1 fully saturated rings. The van der Waals surface area contributed by atoms with Gasteiger partial charge in [0.2, 0.25) is 0 Å². The molecule has 0 aliphatic carbocycles. The van der Waals surface area contributed by atoms with Gasteiger partial charge in [-0.2, -0.15) is 0 Å². The van der Waals surface area contributed by atoms with Crippen LogP contribution in [0.4, 0.5) is 0 Å². The monoisotopic (exact) mass is 278 g/mol. The maximum absolute atomic E-state index is 5.69. The summed E-state index contributed by atoms with van der Waals surface area (Å²) in [5.74, 6) is 0.766. The van der Waals surface area contributed by atoms with E-state index in [-0.39, 0.29) is 5.54 Å². The van der Waals surface area contributed by atoms with E-state index >= 15 is 0 Å². The molecule has 4 heteroatoms. The van der Waals surface area contributed by atoms with E-state index in [1.54, 1.807) is 7.11 Å². The van der Waals surface area contributed by atoms with Crippen LogP contribution in [-0.4, -0.2) is 29.1 Å². The second-order valence-electron chi connectivity index (χ2n) is 5.74. The third-order valence-corrected chi connectivity index (χ3v) is 4.20. The molecular formula is C15H22N2OS. The van der Waals surface area contributed by atoms with Crippen LogP contribution in [0.5, 0.6) is 5.75 Å². The van der Waals surface area contributed by atoms with Crippen LogP contribution in [0.1, 0.15) is 37.8 Å². The largest absolute Gasteiger partial charge is 0.496 e. The quantitative estimate of drug-likeness (QED) is 0.860. The van der Waals surface area contributed by atoms with Crippen molar-refractivity contribution in [3.05, 3.63) is 29.3 Å². The summed E-state index contributed by atoms with van der Waals surface area (Å²) < 4.78 is 5.38. The summed E-state index contributed by atoms with van der Waals surface area (Å²) in [6.45, 7) is 6.72. The Morgan fingerprint density at radius 3 is 2.74 bits per heavy atom. The first-order valence-corrected chi connectivity index (χ1v) is 7.06. The minimum absolute atomic E-state index is 0.287. The predicted octanol–water partition coefficient (Wildman–Crippen LogP) is 2.70. The van der Waals surface area contributed by atoms with Crippen molar-refractivity contribution in [3.8, 4) is 5.75 Å². The third kappa shape index (κ3) is 3.07. The summed E-state index contributed by atoms with van der Waals surface area (Å²) in [6, 6.07) is 6.09. The fraction of sp³-hybridized carbons (Fsp3) is 0.533. The molecule has 0 amide bonds. The SMILES string of the molecule is COc1cc(CN2CCCC2(C)C)ccc1C(N)=S. The van der Waals surface area contributed by atoms with Crippen LogP contribution in [0, 0.1) is 0 Å². The molecule has 1 aliphatic rings. The zero-order chi connectivity index (χ0) is 14.0. The molecule has 0 spiro atoms. The van der Waals surface area contributed by atoms with Crippen LogP contribution in [-0.2, 0) is 6.54 Å². The van der Waals surface area contributed by atoms with Gasteiger partial charge in [0, 0.05) is 12.1 Å². The average Bonchev–Trinajstić information content (AvgIpc) is 2.68. The number of rotatable bonds is 4. The topological polar surface area (TPSA) is 38.5 Å². The number of thiocarbonyl (C=S) groups is 1. The molecule has 19 heavy (non-hydrogen) atoms. The number of benzene rings is 1. The van der Waals surface area contributed by atoms with Gasteiger partial charge in [-0.25, -0.2) is 0 Å². The lowest BCUT2D eigenvalue weighted by atomic mass is 10.0. The second kappa shape index (κ2) is 5.47. The van der Waals surface area contributed by atoms with Crippen LogP contribution in [0.2, 0.25) is 0 Å². The standard InChI is InChI=1S/C15H22N2OS/c1-15(2)7-4-8-17(15)10-11-5-6-12(14(16)19)13(9-11)18-3/h5-6,9H,4,7-8,10H2,1-3H3,(H2,16,19). The van der Waals surface area contributed by atoms with Crippen molar-refractivity contribution in [2.24, 2.45) is 5.73 Å². The Balaban J connectivity index is 2.20.